The zero-order chi connectivity index (χ0) is 15.6. The van der Waals surface area contributed by atoms with Gasteiger partial charge in [0.05, 0.1) is 16.9 Å². The molecule has 0 radical (unpaired) electrons. The molecule has 2 heterocycles. The lowest BCUT2D eigenvalue weighted by atomic mass is 9.67. The van der Waals surface area contributed by atoms with Gasteiger partial charge in [-0.2, -0.15) is 0 Å². The second kappa shape index (κ2) is 9.03. The fraction of sp³-hybridized carbons (Fsp3) is 0.933. The van der Waals surface area contributed by atoms with Gasteiger partial charge in [-0.15, -0.1) is 24.8 Å². The van der Waals surface area contributed by atoms with E-state index < -0.39 is 9.84 Å². The lowest BCUT2D eigenvalue weighted by Crippen LogP contribution is -2.50. The first-order chi connectivity index (χ1) is 10.5. The molecule has 3 rings (SSSR count). The smallest absolute Gasteiger partial charge is 0.227 e. The van der Waals surface area contributed by atoms with Gasteiger partial charge < -0.3 is 10.6 Å². The Morgan fingerprint density at radius 1 is 1.21 bits per heavy atom. The molecule has 1 aliphatic carbocycles. The standard InChI is InChI=1S/C15H27N3O3S.2ClH/c19-14(15-4-2-1-3-13(15)11-16-12-15)17-5-6-18-7-9-22(20,21)10-8-18;;/h13,16H,1-12H2,(H,17,19);2*1H/t13-,15+;;/m0../s1. The first-order valence-corrected chi connectivity index (χ1v) is 10.3. The number of sulfone groups is 1. The van der Waals surface area contributed by atoms with Crippen molar-refractivity contribution >= 4 is 40.6 Å². The summed E-state index contributed by atoms with van der Waals surface area (Å²) in [5.41, 5.74) is -0.191. The molecule has 24 heavy (non-hydrogen) atoms. The average molecular weight is 402 g/mol. The van der Waals surface area contributed by atoms with Crippen LogP contribution in [0.15, 0.2) is 0 Å². The molecule has 6 nitrogen and oxygen atoms in total. The largest absolute Gasteiger partial charge is 0.354 e. The molecule has 3 aliphatic rings. The van der Waals surface area contributed by atoms with Crippen molar-refractivity contribution < 1.29 is 13.2 Å². The molecule has 2 saturated heterocycles. The minimum Gasteiger partial charge on any atom is -0.354 e. The second-order valence-electron chi connectivity index (χ2n) is 6.98. The molecule has 0 spiro atoms. The summed E-state index contributed by atoms with van der Waals surface area (Å²) in [6.07, 6.45) is 4.54. The maximum atomic E-state index is 12.7. The third-order valence-electron chi connectivity index (χ3n) is 5.64. The number of rotatable bonds is 4. The number of nitrogens with zero attached hydrogens (tertiary/aromatic N) is 1. The Morgan fingerprint density at radius 2 is 1.92 bits per heavy atom. The molecule has 9 heteroatoms. The van der Waals surface area contributed by atoms with Crippen molar-refractivity contribution in [2.45, 2.75) is 25.7 Å². The number of carbonyl (C=O) groups is 1. The monoisotopic (exact) mass is 401 g/mol. The summed E-state index contributed by atoms with van der Waals surface area (Å²) >= 11 is 0. The summed E-state index contributed by atoms with van der Waals surface area (Å²) in [4.78, 5) is 14.8. The third kappa shape index (κ3) is 4.75. The fourth-order valence-corrected chi connectivity index (χ4v) is 5.44. The van der Waals surface area contributed by atoms with Crippen molar-refractivity contribution in [1.29, 1.82) is 0 Å². The number of carbonyl (C=O) groups excluding carboxylic acids is 1. The van der Waals surface area contributed by atoms with Crippen LogP contribution in [-0.4, -0.2) is 70.0 Å². The van der Waals surface area contributed by atoms with Gasteiger partial charge in [0, 0.05) is 32.7 Å². The van der Waals surface area contributed by atoms with Crippen LogP contribution < -0.4 is 10.6 Å². The summed E-state index contributed by atoms with van der Waals surface area (Å²) < 4.78 is 22.8. The average Bonchev–Trinajstić information content (AvgIpc) is 2.94. The maximum absolute atomic E-state index is 12.7. The Bertz CT molecular complexity index is 518. The molecule has 0 unspecified atom stereocenters. The lowest BCUT2D eigenvalue weighted by Gasteiger charge is -2.37. The molecule has 0 bridgehead atoms. The molecular weight excluding hydrogens is 373 g/mol. The van der Waals surface area contributed by atoms with E-state index in [1.54, 1.807) is 0 Å². The number of hydrogen-bond acceptors (Lipinski definition) is 5. The Balaban J connectivity index is 0.00000144. The fourth-order valence-electron chi connectivity index (χ4n) is 4.17. The lowest BCUT2D eigenvalue weighted by molar-refractivity contribution is -0.134. The van der Waals surface area contributed by atoms with E-state index in [0.29, 0.717) is 25.6 Å². The van der Waals surface area contributed by atoms with Crippen molar-refractivity contribution in [3.8, 4) is 0 Å². The van der Waals surface area contributed by atoms with Crippen molar-refractivity contribution in [1.82, 2.24) is 15.5 Å². The zero-order valence-corrected chi connectivity index (χ0v) is 16.4. The van der Waals surface area contributed by atoms with Gasteiger partial charge in [-0.05, 0) is 25.3 Å². The molecule has 2 N–H and O–H groups in total. The Hall–Kier alpha value is -0.0800. The van der Waals surface area contributed by atoms with Crippen LogP contribution >= 0.6 is 24.8 Å². The van der Waals surface area contributed by atoms with E-state index in [1.807, 2.05) is 0 Å². The van der Waals surface area contributed by atoms with Crippen LogP contribution in [0.5, 0.6) is 0 Å². The highest BCUT2D eigenvalue weighted by Gasteiger charge is 2.49. The summed E-state index contributed by atoms with van der Waals surface area (Å²) in [6, 6.07) is 0. The first-order valence-electron chi connectivity index (χ1n) is 8.44. The van der Waals surface area contributed by atoms with Crippen LogP contribution in [0.4, 0.5) is 0 Å². The number of fused-ring (bicyclic) bond motifs is 1. The van der Waals surface area contributed by atoms with Crippen molar-refractivity contribution in [3.05, 3.63) is 0 Å². The van der Waals surface area contributed by atoms with Gasteiger partial charge in [-0.3, -0.25) is 9.69 Å². The molecule has 2 atom stereocenters. The number of nitrogens with one attached hydrogen (secondary N) is 2. The highest BCUT2D eigenvalue weighted by Crippen LogP contribution is 2.43. The summed E-state index contributed by atoms with van der Waals surface area (Å²) in [5.74, 6) is 1.18. The zero-order valence-electron chi connectivity index (χ0n) is 14.0. The molecule has 1 amide bonds. The van der Waals surface area contributed by atoms with Crippen molar-refractivity contribution in [2.24, 2.45) is 11.3 Å². The topological polar surface area (TPSA) is 78.5 Å². The maximum Gasteiger partial charge on any atom is 0.227 e. The van der Waals surface area contributed by atoms with E-state index in [1.165, 1.54) is 6.42 Å². The van der Waals surface area contributed by atoms with Gasteiger partial charge >= 0.3 is 0 Å². The number of hydrogen-bond donors (Lipinski definition) is 2. The third-order valence-corrected chi connectivity index (χ3v) is 7.25. The molecule has 2 aliphatic heterocycles. The Kier molecular flexibility index (Phi) is 8.26. The molecule has 1 saturated carbocycles. The first kappa shape index (κ1) is 22.0. The van der Waals surface area contributed by atoms with Gasteiger partial charge in [-0.1, -0.05) is 12.8 Å². The van der Waals surface area contributed by atoms with E-state index in [4.69, 9.17) is 0 Å². The van der Waals surface area contributed by atoms with Crippen LogP contribution in [-0.2, 0) is 14.6 Å². The molecule has 0 aromatic carbocycles. The van der Waals surface area contributed by atoms with Gasteiger partial charge in [0.15, 0.2) is 9.84 Å². The minimum absolute atomic E-state index is 0. The van der Waals surface area contributed by atoms with Crippen LogP contribution in [0.3, 0.4) is 0 Å². The van der Waals surface area contributed by atoms with E-state index in [-0.39, 0.29) is 47.6 Å². The molecule has 3 fully saturated rings. The predicted octanol–water partition coefficient (Wildman–Crippen LogP) is 0.456. The van der Waals surface area contributed by atoms with E-state index in [2.05, 4.69) is 15.5 Å². The molecule has 0 aromatic heterocycles. The minimum atomic E-state index is -2.82. The van der Waals surface area contributed by atoms with Crippen LogP contribution in [0, 0.1) is 11.3 Å². The summed E-state index contributed by atoms with van der Waals surface area (Å²) in [6.45, 7) is 4.33. The van der Waals surface area contributed by atoms with Gasteiger partial charge in [0.25, 0.3) is 0 Å². The van der Waals surface area contributed by atoms with E-state index in [0.717, 1.165) is 38.9 Å². The number of amides is 1. The normalized spacial score (nSPS) is 32.1. The van der Waals surface area contributed by atoms with Gasteiger partial charge in [0.1, 0.15) is 0 Å². The SMILES string of the molecule is Cl.Cl.O=C(NCCN1CCS(=O)(=O)CC1)[C@@]12CCCC[C@H]1CNC2. The Morgan fingerprint density at radius 3 is 2.62 bits per heavy atom. The molecule has 0 aromatic rings. The summed E-state index contributed by atoms with van der Waals surface area (Å²) in [5, 5.41) is 6.51. The molecular formula is C15H29Cl2N3O3S. The van der Waals surface area contributed by atoms with Crippen molar-refractivity contribution in [3.63, 3.8) is 0 Å². The summed E-state index contributed by atoms with van der Waals surface area (Å²) in [7, 11) is -2.82. The van der Waals surface area contributed by atoms with Crippen LogP contribution in [0.2, 0.25) is 0 Å². The van der Waals surface area contributed by atoms with E-state index >= 15 is 0 Å². The second-order valence-corrected chi connectivity index (χ2v) is 9.28. The molecule has 142 valence electrons. The Labute approximate surface area is 157 Å². The number of halogens is 2. The van der Waals surface area contributed by atoms with Crippen LogP contribution in [0.25, 0.3) is 0 Å². The highest BCUT2D eigenvalue weighted by atomic mass is 35.5. The highest BCUT2D eigenvalue weighted by molar-refractivity contribution is 7.91. The van der Waals surface area contributed by atoms with Gasteiger partial charge in [0.2, 0.25) is 5.91 Å². The van der Waals surface area contributed by atoms with E-state index in [9.17, 15) is 13.2 Å². The van der Waals surface area contributed by atoms with Crippen LogP contribution in [0.1, 0.15) is 25.7 Å². The van der Waals surface area contributed by atoms with Crippen molar-refractivity contribution in [2.75, 3.05) is 50.8 Å². The quantitative estimate of drug-likeness (QED) is 0.714. The predicted molar refractivity (Wildman–Crippen MR) is 99.9 cm³/mol. The van der Waals surface area contributed by atoms with Gasteiger partial charge in [-0.25, -0.2) is 8.42 Å².